The average Bonchev–Trinajstić information content (AvgIpc) is 2.59. The number of rotatable bonds is 7. The minimum Gasteiger partial charge on any atom is -0.394 e. The predicted octanol–water partition coefficient (Wildman–Crippen LogP) is 0.418. The van der Waals surface area contributed by atoms with Crippen LogP contribution in [0.1, 0.15) is 11.1 Å². The molecule has 0 aliphatic rings. The summed E-state index contributed by atoms with van der Waals surface area (Å²) in [5.41, 5.74) is 1.74. The minimum absolute atomic E-state index is 0.130. The molecule has 0 saturated carbocycles. The highest BCUT2D eigenvalue weighted by Crippen LogP contribution is 1.99. The van der Waals surface area contributed by atoms with Gasteiger partial charge in [-0.1, -0.05) is 30.3 Å². The largest absolute Gasteiger partial charge is 0.394 e. The molecule has 3 N–H and O–H groups in total. The van der Waals surface area contributed by atoms with E-state index >= 15 is 0 Å². The third-order valence-corrected chi connectivity index (χ3v) is 3.26. The highest BCUT2D eigenvalue weighted by molar-refractivity contribution is 5.88. The summed E-state index contributed by atoms with van der Waals surface area (Å²) < 4.78 is 0. The molecule has 23 heavy (non-hydrogen) atoms. The third kappa shape index (κ3) is 5.52. The molecular formula is C17H19N3O3. The van der Waals surface area contributed by atoms with Crippen molar-refractivity contribution in [1.29, 1.82) is 0 Å². The number of aromatic nitrogens is 1. The molecule has 0 spiro atoms. The second kappa shape index (κ2) is 8.65. The van der Waals surface area contributed by atoms with Crippen molar-refractivity contribution in [3.63, 3.8) is 0 Å². The molecule has 2 rings (SSSR count). The van der Waals surface area contributed by atoms with E-state index in [2.05, 4.69) is 15.6 Å². The van der Waals surface area contributed by atoms with Gasteiger partial charge < -0.3 is 15.7 Å². The summed E-state index contributed by atoms with van der Waals surface area (Å²) in [5.74, 6) is -0.746. The number of carbonyl (C=O) groups is 2. The van der Waals surface area contributed by atoms with E-state index in [-0.39, 0.29) is 12.3 Å². The van der Waals surface area contributed by atoms with E-state index < -0.39 is 18.6 Å². The summed E-state index contributed by atoms with van der Waals surface area (Å²) in [6, 6.07) is 11.9. The molecule has 0 fully saturated rings. The molecule has 0 aliphatic heterocycles. The quantitative estimate of drug-likeness (QED) is 0.691. The van der Waals surface area contributed by atoms with Crippen molar-refractivity contribution in [2.75, 3.05) is 6.61 Å². The number of benzene rings is 1. The molecule has 1 aromatic carbocycles. The number of hydrogen-bond donors (Lipinski definition) is 3. The SMILES string of the molecule is O=C(Cc1ccncc1)N[C@@H](CO)C(=O)NCc1ccccc1. The summed E-state index contributed by atoms with van der Waals surface area (Å²) in [6.45, 7) is -0.112. The first kappa shape index (κ1) is 16.6. The van der Waals surface area contributed by atoms with Gasteiger partial charge in [0.25, 0.3) is 0 Å². The van der Waals surface area contributed by atoms with Crippen LogP contribution in [-0.2, 0) is 22.6 Å². The first-order valence-corrected chi connectivity index (χ1v) is 7.30. The Labute approximate surface area is 134 Å². The Balaban J connectivity index is 1.83. The fourth-order valence-electron chi connectivity index (χ4n) is 2.03. The zero-order chi connectivity index (χ0) is 16.5. The maximum atomic E-state index is 12.0. The number of nitrogens with one attached hydrogen (secondary N) is 2. The zero-order valence-electron chi connectivity index (χ0n) is 12.6. The number of carbonyl (C=O) groups excluding carboxylic acids is 2. The van der Waals surface area contributed by atoms with Crippen LogP contribution in [0.2, 0.25) is 0 Å². The predicted molar refractivity (Wildman–Crippen MR) is 85.2 cm³/mol. The normalized spacial score (nSPS) is 11.5. The molecule has 0 aliphatic carbocycles. The van der Waals surface area contributed by atoms with Crippen molar-refractivity contribution in [1.82, 2.24) is 15.6 Å². The van der Waals surface area contributed by atoms with Crippen LogP contribution in [-0.4, -0.2) is 34.6 Å². The molecule has 0 bridgehead atoms. The van der Waals surface area contributed by atoms with Crippen LogP contribution >= 0.6 is 0 Å². The van der Waals surface area contributed by atoms with Crippen LogP contribution in [0, 0.1) is 0 Å². The zero-order valence-corrected chi connectivity index (χ0v) is 12.6. The molecule has 1 atom stereocenters. The molecule has 2 amide bonds. The van der Waals surface area contributed by atoms with E-state index in [1.807, 2.05) is 30.3 Å². The van der Waals surface area contributed by atoms with Crippen molar-refractivity contribution in [2.45, 2.75) is 19.0 Å². The molecule has 1 heterocycles. The molecule has 0 unspecified atom stereocenters. The Bertz CT molecular complexity index is 632. The molecule has 0 radical (unpaired) electrons. The van der Waals surface area contributed by atoms with Gasteiger partial charge in [0.1, 0.15) is 6.04 Å². The Hall–Kier alpha value is -2.73. The van der Waals surface area contributed by atoms with Gasteiger partial charge in [-0.25, -0.2) is 0 Å². The fraction of sp³-hybridized carbons (Fsp3) is 0.235. The van der Waals surface area contributed by atoms with Gasteiger partial charge in [-0.05, 0) is 23.3 Å². The average molecular weight is 313 g/mol. The summed E-state index contributed by atoms with van der Waals surface area (Å²) in [5, 5.41) is 14.5. The van der Waals surface area contributed by atoms with Crippen LogP contribution < -0.4 is 10.6 Å². The standard InChI is InChI=1S/C17H19N3O3/c21-12-15(17(23)19-11-14-4-2-1-3-5-14)20-16(22)10-13-6-8-18-9-7-13/h1-9,15,21H,10-12H2,(H,19,23)(H,20,22)/t15-/m0/s1. The summed E-state index contributed by atoms with van der Waals surface area (Å²) >= 11 is 0. The number of nitrogens with zero attached hydrogens (tertiary/aromatic N) is 1. The van der Waals surface area contributed by atoms with E-state index in [0.29, 0.717) is 6.54 Å². The number of hydrogen-bond acceptors (Lipinski definition) is 4. The Morgan fingerprint density at radius 2 is 1.74 bits per heavy atom. The lowest BCUT2D eigenvalue weighted by atomic mass is 10.1. The van der Waals surface area contributed by atoms with Crippen molar-refractivity contribution in [3.8, 4) is 0 Å². The van der Waals surface area contributed by atoms with Crippen molar-refractivity contribution >= 4 is 11.8 Å². The smallest absolute Gasteiger partial charge is 0.245 e. The molecular weight excluding hydrogens is 294 g/mol. The number of aliphatic hydroxyl groups is 1. The summed E-state index contributed by atoms with van der Waals surface area (Å²) in [7, 11) is 0. The van der Waals surface area contributed by atoms with Gasteiger partial charge in [-0.15, -0.1) is 0 Å². The third-order valence-electron chi connectivity index (χ3n) is 3.26. The Kier molecular flexibility index (Phi) is 6.26. The maximum Gasteiger partial charge on any atom is 0.245 e. The monoisotopic (exact) mass is 313 g/mol. The van der Waals surface area contributed by atoms with Gasteiger partial charge in [-0.3, -0.25) is 14.6 Å². The van der Waals surface area contributed by atoms with Crippen LogP contribution in [0.15, 0.2) is 54.9 Å². The lowest BCUT2D eigenvalue weighted by molar-refractivity contribution is -0.129. The van der Waals surface area contributed by atoms with E-state index in [4.69, 9.17) is 0 Å². The second-order valence-electron chi connectivity index (χ2n) is 5.04. The topological polar surface area (TPSA) is 91.3 Å². The number of pyridine rings is 1. The van der Waals surface area contributed by atoms with E-state index in [1.165, 1.54) is 0 Å². The van der Waals surface area contributed by atoms with E-state index in [1.54, 1.807) is 24.5 Å². The first-order valence-electron chi connectivity index (χ1n) is 7.30. The van der Waals surface area contributed by atoms with Crippen LogP contribution in [0.5, 0.6) is 0 Å². The van der Waals surface area contributed by atoms with Crippen LogP contribution in [0.25, 0.3) is 0 Å². The van der Waals surface area contributed by atoms with Crippen LogP contribution in [0.4, 0.5) is 0 Å². The number of amides is 2. The minimum atomic E-state index is -0.965. The van der Waals surface area contributed by atoms with Gasteiger partial charge in [0, 0.05) is 18.9 Å². The van der Waals surface area contributed by atoms with Gasteiger partial charge in [0.15, 0.2) is 0 Å². The molecule has 120 valence electrons. The molecule has 1 aromatic heterocycles. The van der Waals surface area contributed by atoms with Crippen molar-refractivity contribution in [3.05, 3.63) is 66.0 Å². The maximum absolute atomic E-state index is 12.0. The highest BCUT2D eigenvalue weighted by atomic mass is 16.3. The van der Waals surface area contributed by atoms with E-state index in [0.717, 1.165) is 11.1 Å². The van der Waals surface area contributed by atoms with Crippen molar-refractivity contribution < 1.29 is 14.7 Å². The first-order chi connectivity index (χ1) is 11.2. The van der Waals surface area contributed by atoms with Gasteiger partial charge in [0.2, 0.25) is 11.8 Å². The van der Waals surface area contributed by atoms with Crippen LogP contribution in [0.3, 0.4) is 0 Å². The highest BCUT2D eigenvalue weighted by Gasteiger charge is 2.19. The lowest BCUT2D eigenvalue weighted by Crippen LogP contribution is -2.49. The van der Waals surface area contributed by atoms with E-state index in [9.17, 15) is 14.7 Å². The lowest BCUT2D eigenvalue weighted by Gasteiger charge is -2.16. The van der Waals surface area contributed by atoms with Gasteiger partial charge in [-0.2, -0.15) is 0 Å². The van der Waals surface area contributed by atoms with Crippen molar-refractivity contribution in [2.24, 2.45) is 0 Å². The summed E-state index contributed by atoms with van der Waals surface area (Å²) in [6.07, 6.45) is 3.32. The summed E-state index contributed by atoms with van der Waals surface area (Å²) in [4.78, 5) is 27.9. The molecule has 6 heteroatoms. The Morgan fingerprint density at radius 1 is 1.04 bits per heavy atom. The molecule has 6 nitrogen and oxygen atoms in total. The van der Waals surface area contributed by atoms with Gasteiger partial charge >= 0.3 is 0 Å². The molecule has 0 saturated heterocycles. The molecule has 2 aromatic rings. The number of aliphatic hydroxyl groups excluding tert-OH is 1. The fourth-order valence-corrected chi connectivity index (χ4v) is 2.03. The van der Waals surface area contributed by atoms with Gasteiger partial charge in [0.05, 0.1) is 13.0 Å². The second-order valence-corrected chi connectivity index (χ2v) is 5.04. The Morgan fingerprint density at radius 3 is 2.39 bits per heavy atom.